The maximum atomic E-state index is 16.3. The molecule has 0 bridgehead atoms. The molecule has 2 aliphatic rings. The molecule has 0 spiro atoms. The molecule has 638 valence electrons. The fraction of sp³-hybridized carbons (Fsp3) is 0.395. The van der Waals surface area contributed by atoms with Gasteiger partial charge in [-0.25, -0.2) is 24.0 Å². The lowest BCUT2D eigenvalue weighted by Gasteiger charge is -2.48. The van der Waals surface area contributed by atoms with Gasteiger partial charge in [-0.3, -0.25) is 9.59 Å². The van der Waals surface area contributed by atoms with Gasteiger partial charge >= 0.3 is 60.7 Å². The first-order chi connectivity index (χ1) is 55.7. The zero-order valence-electron chi connectivity index (χ0n) is 63.3. The Bertz CT molecular complexity index is 4460. The molecule has 22 nitrogen and oxygen atoms in total. The van der Waals surface area contributed by atoms with Gasteiger partial charge in [-0.15, -0.1) is 6.58 Å². The minimum absolute atomic E-state index is 0.0488. The molecule has 0 unspecified atom stereocenters. The normalized spacial score (nSPS) is 21.5. The molecule has 0 saturated carbocycles. The van der Waals surface area contributed by atoms with Crippen molar-refractivity contribution in [1.82, 2.24) is 0 Å². The Hall–Kier alpha value is -10.5. The number of aryl methyl sites for hydroxylation is 1. The first-order valence-corrected chi connectivity index (χ1v) is 35.2. The number of carbonyl (C=O) groups is 7. The van der Waals surface area contributed by atoms with E-state index in [4.69, 9.17) is 71.1 Å². The molecule has 14 atom stereocenters. The van der Waals surface area contributed by atoms with Crippen LogP contribution in [0.5, 0.6) is 5.75 Å². The number of rotatable bonds is 36. The van der Waals surface area contributed by atoms with Gasteiger partial charge in [0.15, 0.2) is 18.3 Å². The molecule has 118 heavy (non-hydrogen) atoms. The van der Waals surface area contributed by atoms with Gasteiger partial charge < -0.3 is 71.1 Å². The number of alkyl halides is 15. The molecule has 2 aliphatic heterocycles. The third kappa shape index (κ3) is 19.1. The summed E-state index contributed by atoms with van der Waals surface area (Å²) < 4.78 is 320. The maximum absolute atomic E-state index is 16.3. The number of hydrogen-bond acceptors (Lipinski definition) is 22. The number of allylic oxidation sites excluding steroid dienone is 2. The fourth-order valence-corrected chi connectivity index (χ4v) is 13.4. The smallest absolute Gasteiger partial charge is 0.448 e. The monoisotopic (exact) mass is 1690 g/mol. The summed E-state index contributed by atoms with van der Waals surface area (Å²) in [5.74, 6) is -20.8. The highest BCUT2D eigenvalue weighted by atomic mass is 19.4. The van der Waals surface area contributed by atoms with Crippen LogP contribution in [0.4, 0.5) is 65.9 Å². The van der Waals surface area contributed by atoms with Crippen LogP contribution in [0.15, 0.2) is 213 Å². The van der Waals surface area contributed by atoms with Crippen molar-refractivity contribution in [2.75, 3.05) is 56.4 Å². The third-order valence-corrected chi connectivity index (χ3v) is 19.4. The number of carbonyl (C=O) groups excluding carboxylic acids is 7. The summed E-state index contributed by atoms with van der Waals surface area (Å²) in [7, 11) is 4.05. The van der Waals surface area contributed by atoms with E-state index in [-0.39, 0.29) is 34.2 Å². The molecule has 8 rings (SSSR count). The highest BCUT2D eigenvalue weighted by molar-refractivity contribution is 5.90. The summed E-state index contributed by atoms with van der Waals surface area (Å²) in [6, 6.07) is 29.2. The lowest BCUT2D eigenvalue weighted by Crippen LogP contribution is -2.67. The van der Waals surface area contributed by atoms with E-state index >= 15 is 80.2 Å². The first-order valence-electron chi connectivity index (χ1n) is 35.2. The topological polar surface area (TPSA) is 258 Å². The van der Waals surface area contributed by atoms with Crippen LogP contribution in [-0.4, -0.2) is 172 Å². The van der Waals surface area contributed by atoms with Crippen molar-refractivity contribution in [3.8, 4) is 5.75 Å². The van der Waals surface area contributed by atoms with Crippen molar-refractivity contribution in [3.05, 3.63) is 246 Å². The minimum Gasteiger partial charge on any atom is -0.497 e. The quantitative estimate of drug-likeness (QED) is 0.0116. The Morgan fingerprint density at radius 3 is 1.24 bits per heavy atom. The van der Waals surface area contributed by atoms with Crippen molar-refractivity contribution in [2.45, 2.75) is 134 Å². The Balaban J connectivity index is 1.33. The van der Waals surface area contributed by atoms with Gasteiger partial charge in [0.05, 0.1) is 38.1 Å². The Morgan fingerprint density at radius 2 is 0.856 bits per heavy atom. The van der Waals surface area contributed by atoms with Crippen LogP contribution >= 0.6 is 0 Å². The van der Waals surface area contributed by atoms with Gasteiger partial charge in [0, 0.05) is 95.0 Å². The van der Waals surface area contributed by atoms with Gasteiger partial charge in [-0.05, 0) is 24.1 Å². The third-order valence-electron chi connectivity index (χ3n) is 19.4. The van der Waals surface area contributed by atoms with Crippen LogP contribution in [0.25, 0.3) is 0 Å². The average molecular weight is 1690 g/mol. The minimum atomic E-state index is -6.14. The maximum Gasteiger partial charge on any atom is 0.448 e. The Kier molecular flexibility index (Phi) is 30.3. The number of benzene rings is 6. The summed E-state index contributed by atoms with van der Waals surface area (Å²) >= 11 is 0. The zero-order chi connectivity index (χ0) is 87.0. The number of Topliss-reactive ketones (excluding diaryl/α,β-unsaturated/α-hetero) is 2. The van der Waals surface area contributed by atoms with Crippen molar-refractivity contribution >= 4 is 41.4 Å². The van der Waals surface area contributed by atoms with Crippen LogP contribution in [0.3, 0.4) is 0 Å². The molecule has 1 saturated heterocycles. The van der Waals surface area contributed by atoms with E-state index < -0.39 is 215 Å². The lowest BCUT2D eigenvalue weighted by atomic mass is 9.83. The molecular weight excluding hydrogens is 1610 g/mol. The van der Waals surface area contributed by atoms with Gasteiger partial charge in [0.2, 0.25) is 12.6 Å². The van der Waals surface area contributed by atoms with E-state index in [0.717, 1.165) is 104 Å². The SMILES string of the molecule is C=C[C@H]1[C@H](O[C@@H]2O[C@H](COC(=O)[C@](OC)(c3ccccc3)C(F)(F)F)[C@@H](OC(=O)[C@](OC)(c3ccccc3)C(F)(F)F)[C@H](OC(=O)[C@](OC)(c3ccccc3)C(F)(F)F)[C@H]2OC(=O)[C@](OC)(c2ccccc2)C(F)(F)F)OC=C(C(=O)OC)[C@H]1/C=C/CC(=O)C[C@H](CC(=O)CCc1ccc(OC)cc1)O[C@](OC)(c1ccccc1)C(F)(F)F. The molecule has 0 amide bonds. The Labute approximate surface area is 663 Å². The highest BCUT2D eigenvalue weighted by Gasteiger charge is 2.71. The van der Waals surface area contributed by atoms with E-state index in [1.165, 1.54) is 31.4 Å². The van der Waals surface area contributed by atoms with Crippen LogP contribution in [0.1, 0.15) is 59.1 Å². The van der Waals surface area contributed by atoms with Crippen molar-refractivity contribution < 1.29 is 170 Å². The number of hydrogen-bond donors (Lipinski definition) is 0. The second-order valence-electron chi connectivity index (χ2n) is 26.2. The number of esters is 5. The molecule has 6 aromatic carbocycles. The highest BCUT2D eigenvalue weighted by Crippen LogP contribution is 2.51. The van der Waals surface area contributed by atoms with E-state index in [1.807, 2.05) is 0 Å². The second-order valence-corrected chi connectivity index (χ2v) is 26.2. The Morgan fingerprint density at radius 1 is 0.458 bits per heavy atom. The standard InChI is InChI=1S/C81H77F15O22/c1-9-58-59(37-25-36-54(97)44-57(45-55(98)41-38-48-39-42-56(104-2)43-40-48)118-76(110-8,81(94,95)96)53-34-23-14-24-35-53)60(65(99)105-3)46-111-66(58)117-67-64(116-71(103)75(109-7,80(91,92)93)52-32-21-13-22-33-52)63(115-70(102)74(108-6,79(88,89)90)51-30-19-12-20-31-51)62(114-69(101)73(107-5,78(85,86)87)50-28-17-11-18-29-50)61(113-67)47-112-68(100)72(106-4,77(82,83)84)49-26-15-10-16-27-49/h9-35,37,39-40,42-43,46,57-59,61-64,66-67H,1,36,38,41,44-45,47H2,2-8H3/b37-25+/t57-,58-,59+,61-,62-,63+,64-,66+,67+,72-,73-,74-,75-,76-/m1/s1. The van der Waals surface area contributed by atoms with Gasteiger partial charge in [0.25, 0.3) is 28.2 Å². The molecule has 0 N–H and O–H groups in total. The molecule has 1 fully saturated rings. The molecular formula is C81H77F15O22. The number of ether oxygens (including phenoxy) is 15. The summed E-state index contributed by atoms with van der Waals surface area (Å²) in [5, 5.41) is 0. The second kappa shape index (κ2) is 38.5. The van der Waals surface area contributed by atoms with E-state index in [1.54, 1.807) is 24.3 Å². The number of ketones is 2. The van der Waals surface area contributed by atoms with E-state index in [0.29, 0.717) is 80.3 Å². The van der Waals surface area contributed by atoms with Crippen LogP contribution in [-0.2, 0) is 134 Å². The summed E-state index contributed by atoms with van der Waals surface area (Å²) in [6.45, 7) is 1.65. The van der Waals surface area contributed by atoms with Gasteiger partial charge in [-0.1, -0.05) is 182 Å². The van der Waals surface area contributed by atoms with Crippen molar-refractivity contribution in [1.29, 1.82) is 0 Å². The van der Waals surface area contributed by atoms with Gasteiger partial charge in [-0.2, -0.15) is 65.9 Å². The molecule has 2 heterocycles. The average Bonchev–Trinajstić information content (AvgIpc) is 0.737. The van der Waals surface area contributed by atoms with E-state index in [9.17, 15) is 19.2 Å². The predicted octanol–water partition coefficient (Wildman–Crippen LogP) is 14.2. The number of halogens is 15. The number of methoxy groups -OCH3 is 7. The van der Waals surface area contributed by atoms with Crippen molar-refractivity contribution in [3.63, 3.8) is 0 Å². The molecule has 0 aromatic heterocycles. The molecule has 6 aromatic rings. The largest absolute Gasteiger partial charge is 0.497 e. The van der Waals surface area contributed by atoms with Crippen molar-refractivity contribution in [2.24, 2.45) is 11.8 Å². The van der Waals surface area contributed by atoms with E-state index in [2.05, 4.69) is 6.58 Å². The zero-order valence-corrected chi connectivity index (χ0v) is 63.3. The fourth-order valence-electron chi connectivity index (χ4n) is 13.4. The first kappa shape index (κ1) is 93.0. The van der Waals surface area contributed by atoms with Crippen LogP contribution in [0.2, 0.25) is 0 Å². The lowest BCUT2D eigenvalue weighted by molar-refractivity contribution is -0.395. The summed E-state index contributed by atoms with van der Waals surface area (Å²) in [4.78, 5) is 102. The summed E-state index contributed by atoms with van der Waals surface area (Å²) in [6.07, 6.45) is -50.6. The molecule has 0 aliphatic carbocycles. The van der Waals surface area contributed by atoms with Crippen LogP contribution < -0.4 is 4.74 Å². The predicted molar refractivity (Wildman–Crippen MR) is 378 cm³/mol. The van der Waals surface area contributed by atoms with Crippen LogP contribution in [0, 0.1) is 11.8 Å². The summed E-state index contributed by atoms with van der Waals surface area (Å²) in [5.41, 5.74) is -23.2. The molecule has 37 heteroatoms. The van der Waals surface area contributed by atoms with Gasteiger partial charge in [0.1, 0.15) is 30.0 Å². The molecule has 0 radical (unpaired) electrons.